The fourth-order valence-corrected chi connectivity index (χ4v) is 2.98. The van der Waals surface area contributed by atoms with Crippen molar-refractivity contribution in [3.8, 4) is 0 Å². The fraction of sp³-hybridized carbons (Fsp3) is 0.389. The molecule has 0 spiro atoms. The molecule has 0 unspecified atom stereocenters. The Hall–Kier alpha value is -2.63. The lowest BCUT2D eigenvalue weighted by Gasteiger charge is -2.10. The van der Waals surface area contributed by atoms with E-state index in [2.05, 4.69) is 34.3 Å². The molecule has 2 aromatic heterocycles. The predicted molar refractivity (Wildman–Crippen MR) is 93.9 cm³/mol. The summed E-state index contributed by atoms with van der Waals surface area (Å²) in [6, 6.07) is 8.39. The van der Waals surface area contributed by atoms with Crippen LogP contribution >= 0.6 is 0 Å². The molecule has 0 saturated heterocycles. The summed E-state index contributed by atoms with van der Waals surface area (Å²) in [7, 11) is 0. The maximum Gasteiger partial charge on any atom is 0.224 e. The number of nitrogens with one attached hydrogen (secondary N) is 2. The highest BCUT2D eigenvalue weighted by molar-refractivity contribution is 5.90. The summed E-state index contributed by atoms with van der Waals surface area (Å²) in [4.78, 5) is 15.6. The number of benzene rings is 1. The van der Waals surface area contributed by atoms with Crippen LogP contribution in [-0.4, -0.2) is 32.2 Å². The van der Waals surface area contributed by atoms with E-state index in [1.54, 1.807) is 6.33 Å². The van der Waals surface area contributed by atoms with Crippen molar-refractivity contribution >= 4 is 16.8 Å². The molecule has 2 N–H and O–H groups in total. The number of aromatic nitrogens is 4. The number of nitrogens with zero attached hydrogens (tertiary/aromatic N) is 3. The van der Waals surface area contributed by atoms with Gasteiger partial charge in [0.05, 0.1) is 6.42 Å². The molecule has 24 heavy (non-hydrogen) atoms. The third-order valence-corrected chi connectivity index (χ3v) is 4.24. The zero-order chi connectivity index (χ0) is 17.1. The standard InChI is InChI=1S/C18H23N5O/c1-12(2)23-11-20-22-17(23)8-9-19-18(24)10-15-13(3)21-16-7-5-4-6-14(15)16/h4-7,11-12,21H,8-10H2,1-3H3,(H,19,24). The second kappa shape index (κ2) is 6.86. The molecule has 0 aliphatic heterocycles. The van der Waals surface area contributed by atoms with Crippen LogP contribution in [0, 0.1) is 6.92 Å². The van der Waals surface area contributed by atoms with Crippen molar-refractivity contribution in [3.05, 3.63) is 47.7 Å². The number of aromatic amines is 1. The van der Waals surface area contributed by atoms with E-state index < -0.39 is 0 Å². The highest BCUT2D eigenvalue weighted by atomic mass is 16.1. The number of hydrogen-bond acceptors (Lipinski definition) is 3. The Morgan fingerprint density at radius 1 is 1.33 bits per heavy atom. The van der Waals surface area contributed by atoms with Crippen LogP contribution in [0.5, 0.6) is 0 Å². The van der Waals surface area contributed by atoms with Gasteiger partial charge in [-0.25, -0.2) is 0 Å². The normalized spacial score (nSPS) is 11.3. The lowest BCUT2D eigenvalue weighted by Crippen LogP contribution is -2.28. The van der Waals surface area contributed by atoms with Crippen LogP contribution < -0.4 is 5.32 Å². The minimum atomic E-state index is 0.0264. The van der Waals surface area contributed by atoms with Gasteiger partial charge in [0.1, 0.15) is 12.2 Å². The van der Waals surface area contributed by atoms with Crippen molar-refractivity contribution in [2.45, 2.75) is 39.7 Å². The molecule has 0 atom stereocenters. The van der Waals surface area contributed by atoms with Crippen LogP contribution in [0.3, 0.4) is 0 Å². The summed E-state index contributed by atoms with van der Waals surface area (Å²) in [5, 5.41) is 12.2. The Balaban J connectivity index is 1.59. The summed E-state index contributed by atoms with van der Waals surface area (Å²) in [5.74, 6) is 0.923. The van der Waals surface area contributed by atoms with Crippen molar-refractivity contribution in [2.24, 2.45) is 0 Å². The van der Waals surface area contributed by atoms with E-state index in [1.807, 2.05) is 35.8 Å². The molecule has 0 fully saturated rings. The van der Waals surface area contributed by atoms with Gasteiger partial charge >= 0.3 is 0 Å². The largest absolute Gasteiger partial charge is 0.358 e. The first-order chi connectivity index (χ1) is 11.6. The van der Waals surface area contributed by atoms with Crippen molar-refractivity contribution < 1.29 is 4.79 Å². The zero-order valence-corrected chi connectivity index (χ0v) is 14.3. The van der Waals surface area contributed by atoms with Gasteiger partial charge in [-0.1, -0.05) is 18.2 Å². The molecule has 0 aliphatic rings. The molecule has 0 aliphatic carbocycles. The number of fused-ring (bicyclic) bond motifs is 1. The summed E-state index contributed by atoms with van der Waals surface area (Å²) in [6.07, 6.45) is 2.79. The number of H-pyrrole nitrogens is 1. The Morgan fingerprint density at radius 2 is 2.12 bits per heavy atom. The molecular formula is C18H23N5O. The number of rotatable bonds is 6. The Morgan fingerprint density at radius 3 is 2.92 bits per heavy atom. The van der Waals surface area contributed by atoms with E-state index in [4.69, 9.17) is 0 Å². The highest BCUT2D eigenvalue weighted by Gasteiger charge is 2.12. The Labute approximate surface area is 141 Å². The second-order valence-electron chi connectivity index (χ2n) is 6.30. The third kappa shape index (κ3) is 3.32. The molecule has 0 radical (unpaired) electrons. The summed E-state index contributed by atoms with van der Waals surface area (Å²) < 4.78 is 2.02. The topological polar surface area (TPSA) is 75.6 Å². The number of carbonyl (C=O) groups is 1. The van der Waals surface area contributed by atoms with Crippen LogP contribution in [0.2, 0.25) is 0 Å². The Kier molecular flexibility index (Phi) is 4.64. The van der Waals surface area contributed by atoms with Crippen LogP contribution in [0.4, 0.5) is 0 Å². The van der Waals surface area contributed by atoms with Gasteiger partial charge in [-0.05, 0) is 32.4 Å². The lowest BCUT2D eigenvalue weighted by molar-refractivity contribution is -0.120. The van der Waals surface area contributed by atoms with Crippen molar-refractivity contribution in [2.75, 3.05) is 6.54 Å². The molecule has 126 valence electrons. The third-order valence-electron chi connectivity index (χ3n) is 4.24. The summed E-state index contributed by atoms with van der Waals surface area (Å²) in [6.45, 7) is 6.75. The number of para-hydroxylation sites is 1. The van der Waals surface area contributed by atoms with Crippen LogP contribution in [-0.2, 0) is 17.6 Å². The molecule has 3 aromatic rings. The molecule has 6 nitrogen and oxygen atoms in total. The van der Waals surface area contributed by atoms with Gasteiger partial charge in [0, 0.05) is 35.6 Å². The van der Waals surface area contributed by atoms with E-state index in [0.29, 0.717) is 25.4 Å². The lowest BCUT2D eigenvalue weighted by atomic mass is 10.1. The van der Waals surface area contributed by atoms with Gasteiger partial charge in [-0.3, -0.25) is 4.79 Å². The first-order valence-electron chi connectivity index (χ1n) is 8.27. The number of hydrogen-bond donors (Lipinski definition) is 2. The minimum Gasteiger partial charge on any atom is -0.358 e. The maximum absolute atomic E-state index is 12.3. The van der Waals surface area contributed by atoms with Gasteiger partial charge in [-0.2, -0.15) is 0 Å². The fourth-order valence-electron chi connectivity index (χ4n) is 2.98. The van der Waals surface area contributed by atoms with Gasteiger partial charge in [0.2, 0.25) is 5.91 Å². The number of amides is 1. The minimum absolute atomic E-state index is 0.0264. The average molecular weight is 325 g/mol. The van der Waals surface area contributed by atoms with E-state index >= 15 is 0 Å². The molecule has 2 heterocycles. The molecule has 1 aromatic carbocycles. The van der Waals surface area contributed by atoms with Crippen LogP contribution in [0.25, 0.3) is 10.9 Å². The van der Waals surface area contributed by atoms with Gasteiger partial charge in [0.15, 0.2) is 0 Å². The monoisotopic (exact) mass is 325 g/mol. The van der Waals surface area contributed by atoms with E-state index in [0.717, 1.165) is 28.0 Å². The van der Waals surface area contributed by atoms with E-state index in [-0.39, 0.29) is 5.91 Å². The van der Waals surface area contributed by atoms with Crippen molar-refractivity contribution in [1.29, 1.82) is 0 Å². The molecule has 3 rings (SSSR count). The molecule has 0 saturated carbocycles. The van der Waals surface area contributed by atoms with Gasteiger partial charge in [-0.15, -0.1) is 10.2 Å². The first-order valence-corrected chi connectivity index (χ1v) is 8.27. The van der Waals surface area contributed by atoms with E-state index in [9.17, 15) is 4.79 Å². The second-order valence-corrected chi connectivity index (χ2v) is 6.30. The molecular weight excluding hydrogens is 302 g/mol. The first kappa shape index (κ1) is 16.2. The number of aryl methyl sites for hydroxylation is 1. The zero-order valence-electron chi connectivity index (χ0n) is 14.3. The quantitative estimate of drug-likeness (QED) is 0.731. The Bertz CT molecular complexity index is 846. The average Bonchev–Trinajstić information content (AvgIpc) is 3.13. The van der Waals surface area contributed by atoms with Crippen LogP contribution in [0.1, 0.15) is 37.0 Å². The van der Waals surface area contributed by atoms with Gasteiger partial charge < -0.3 is 14.9 Å². The predicted octanol–water partition coefficient (Wildman–Crippen LogP) is 2.55. The van der Waals surface area contributed by atoms with Crippen molar-refractivity contribution in [1.82, 2.24) is 25.1 Å². The molecule has 1 amide bonds. The van der Waals surface area contributed by atoms with Crippen LogP contribution in [0.15, 0.2) is 30.6 Å². The van der Waals surface area contributed by atoms with Crippen molar-refractivity contribution in [3.63, 3.8) is 0 Å². The molecule has 6 heteroatoms. The van der Waals surface area contributed by atoms with E-state index in [1.165, 1.54) is 0 Å². The molecule has 0 bridgehead atoms. The summed E-state index contributed by atoms with van der Waals surface area (Å²) >= 11 is 0. The summed E-state index contributed by atoms with van der Waals surface area (Å²) in [5.41, 5.74) is 3.18. The maximum atomic E-state index is 12.3. The number of carbonyl (C=O) groups excluding carboxylic acids is 1. The smallest absolute Gasteiger partial charge is 0.224 e. The van der Waals surface area contributed by atoms with Gasteiger partial charge in [0.25, 0.3) is 0 Å². The highest BCUT2D eigenvalue weighted by Crippen LogP contribution is 2.22. The SMILES string of the molecule is Cc1[nH]c2ccccc2c1CC(=O)NCCc1nncn1C(C)C.